The van der Waals surface area contributed by atoms with E-state index >= 15 is 0 Å². The van der Waals surface area contributed by atoms with E-state index < -0.39 is 0 Å². The van der Waals surface area contributed by atoms with Crippen molar-refractivity contribution in [3.05, 3.63) is 24.3 Å². The summed E-state index contributed by atoms with van der Waals surface area (Å²) in [5.41, 5.74) is 0.721. The van der Waals surface area contributed by atoms with E-state index in [-0.39, 0.29) is 5.41 Å². The fourth-order valence-electron chi connectivity index (χ4n) is 1.10. The van der Waals surface area contributed by atoms with Crippen LogP contribution in [-0.4, -0.2) is 16.5 Å². The van der Waals surface area contributed by atoms with Crippen molar-refractivity contribution in [3.8, 4) is 6.07 Å². The fourth-order valence-corrected chi connectivity index (χ4v) is 1.10. The molecule has 0 saturated carbocycles. The normalized spacial score (nSPS) is 11.0. The van der Waals surface area contributed by atoms with Crippen LogP contribution in [0, 0.1) is 16.7 Å². The average molecular weight is 204 g/mol. The molecule has 0 amide bonds. The molecule has 1 aromatic rings. The van der Waals surface area contributed by atoms with Gasteiger partial charge in [-0.1, -0.05) is 0 Å². The van der Waals surface area contributed by atoms with Gasteiger partial charge in [0.2, 0.25) is 0 Å². The number of nitriles is 1. The molecular formula is C11H16N4. The van der Waals surface area contributed by atoms with Crippen molar-refractivity contribution in [3.63, 3.8) is 0 Å². The Labute approximate surface area is 90.4 Å². The smallest absolute Gasteiger partial charge is 0.115 e. The highest BCUT2D eigenvalue weighted by Gasteiger charge is 2.15. The summed E-state index contributed by atoms with van der Waals surface area (Å²) in [6, 6.07) is 4.15. The fraction of sp³-hybridized carbons (Fsp3) is 0.545. The Balaban J connectivity index is 2.21. The summed E-state index contributed by atoms with van der Waals surface area (Å²) >= 11 is 0. The highest BCUT2D eigenvalue weighted by atomic mass is 14.9. The minimum atomic E-state index is -0.251. The number of hydrogen-bond acceptors (Lipinski definition) is 4. The Morgan fingerprint density at radius 1 is 1.53 bits per heavy atom. The summed E-state index contributed by atoms with van der Waals surface area (Å²) in [6.07, 6.45) is 4.11. The molecule has 0 aliphatic carbocycles. The number of hydrogen-bond donors (Lipinski definition) is 1. The van der Waals surface area contributed by atoms with E-state index in [1.165, 1.54) is 6.33 Å². The molecule has 1 rings (SSSR count). The van der Waals surface area contributed by atoms with Crippen molar-refractivity contribution < 1.29 is 0 Å². The lowest BCUT2D eigenvalue weighted by Crippen LogP contribution is -2.21. The molecule has 0 saturated heterocycles. The summed E-state index contributed by atoms with van der Waals surface area (Å²) in [4.78, 5) is 7.94. The Morgan fingerprint density at radius 2 is 2.33 bits per heavy atom. The molecule has 0 aliphatic heterocycles. The van der Waals surface area contributed by atoms with Crippen molar-refractivity contribution in [2.75, 3.05) is 6.54 Å². The van der Waals surface area contributed by atoms with Crippen molar-refractivity contribution >= 4 is 0 Å². The van der Waals surface area contributed by atoms with Gasteiger partial charge in [-0.25, -0.2) is 9.97 Å². The molecular weight excluding hydrogens is 188 g/mol. The van der Waals surface area contributed by atoms with E-state index in [1.54, 1.807) is 6.20 Å². The van der Waals surface area contributed by atoms with Gasteiger partial charge in [-0.05, 0) is 32.9 Å². The van der Waals surface area contributed by atoms with Gasteiger partial charge in [0.15, 0.2) is 0 Å². The van der Waals surface area contributed by atoms with Crippen LogP contribution in [0.3, 0.4) is 0 Å². The van der Waals surface area contributed by atoms with E-state index in [1.807, 2.05) is 19.9 Å². The third-order valence-electron chi connectivity index (χ3n) is 2.18. The zero-order chi connectivity index (χ0) is 11.1. The maximum atomic E-state index is 8.81. The Hall–Kier alpha value is -1.47. The molecule has 1 heterocycles. The molecule has 0 fully saturated rings. The standard InChI is InChI=1S/C11H16N4/c1-11(2,8-12)4-6-13-7-10-3-5-14-9-15-10/h3,5,9,13H,4,6-7H2,1-2H3. The van der Waals surface area contributed by atoms with E-state index in [9.17, 15) is 0 Å². The zero-order valence-corrected chi connectivity index (χ0v) is 9.20. The van der Waals surface area contributed by atoms with Gasteiger partial charge >= 0.3 is 0 Å². The largest absolute Gasteiger partial charge is 0.311 e. The molecule has 0 spiro atoms. The van der Waals surface area contributed by atoms with Gasteiger partial charge in [0.05, 0.1) is 17.2 Å². The van der Waals surface area contributed by atoms with E-state index in [2.05, 4.69) is 21.4 Å². The highest BCUT2D eigenvalue weighted by Crippen LogP contribution is 2.17. The quantitative estimate of drug-likeness (QED) is 0.738. The molecule has 1 N–H and O–H groups in total. The first kappa shape index (κ1) is 11.6. The topological polar surface area (TPSA) is 61.6 Å². The first-order valence-electron chi connectivity index (χ1n) is 5.01. The van der Waals surface area contributed by atoms with Gasteiger partial charge in [0.25, 0.3) is 0 Å². The Morgan fingerprint density at radius 3 is 2.93 bits per heavy atom. The molecule has 0 atom stereocenters. The van der Waals surface area contributed by atoms with Gasteiger partial charge in [0.1, 0.15) is 6.33 Å². The molecule has 4 nitrogen and oxygen atoms in total. The van der Waals surface area contributed by atoms with Crippen LogP contribution in [-0.2, 0) is 6.54 Å². The second kappa shape index (κ2) is 5.42. The SMILES string of the molecule is CC(C)(C#N)CCNCc1ccncn1. The lowest BCUT2D eigenvalue weighted by Gasteiger charge is -2.14. The van der Waals surface area contributed by atoms with Crippen LogP contribution in [0.4, 0.5) is 0 Å². The predicted molar refractivity (Wildman–Crippen MR) is 57.7 cm³/mol. The maximum Gasteiger partial charge on any atom is 0.115 e. The second-order valence-corrected chi connectivity index (χ2v) is 4.12. The number of rotatable bonds is 5. The number of aromatic nitrogens is 2. The molecule has 0 bridgehead atoms. The number of nitrogens with one attached hydrogen (secondary N) is 1. The third kappa shape index (κ3) is 4.52. The van der Waals surface area contributed by atoms with Gasteiger partial charge in [0, 0.05) is 12.7 Å². The summed E-state index contributed by atoms with van der Waals surface area (Å²) in [5.74, 6) is 0. The van der Waals surface area contributed by atoms with Crippen LogP contribution in [0.1, 0.15) is 26.0 Å². The molecule has 4 heteroatoms. The maximum absolute atomic E-state index is 8.81. The first-order valence-corrected chi connectivity index (χ1v) is 5.01. The molecule has 0 radical (unpaired) electrons. The van der Waals surface area contributed by atoms with Crippen LogP contribution in [0.25, 0.3) is 0 Å². The molecule has 0 aromatic carbocycles. The van der Waals surface area contributed by atoms with Crippen LogP contribution in [0.15, 0.2) is 18.6 Å². The van der Waals surface area contributed by atoms with Gasteiger partial charge < -0.3 is 5.32 Å². The van der Waals surface area contributed by atoms with E-state index in [0.29, 0.717) is 0 Å². The summed E-state index contributed by atoms with van der Waals surface area (Å²) < 4.78 is 0. The van der Waals surface area contributed by atoms with Crippen LogP contribution >= 0.6 is 0 Å². The molecule has 15 heavy (non-hydrogen) atoms. The minimum absolute atomic E-state index is 0.251. The average Bonchev–Trinajstić information content (AvgIpc) is 2.26. The van der Waals surface area contributed by atoms with Crippen LogP contribution in [0.5, 0.6) is 0 Å². The predicted octanol–water partition coefficient (Wildman–Crippen LogP) is 1.51. The monoisotopic (exact) mass is 204 g/mol. The first-order chi connectivity index (χ1) is 7.14. The van der Waals surface area contributed by atoms with Crippen molar-refractivity contribution in [1.29, 1.82) is 5.26 Å². The van der Waals surface area contributed by atoms with Gasteiger partial charge in [-0.2, -0.15) is 5.26 Å². The van der Waals surface area contributed by atoms with E-state index in [0.717, 1.165) is 25.2 Å². The second-order valence-electron chi connectivity index (χ2n) is 4.12. The third-order valence-corrected chi connectivity index (χ3v) is 2.18. The highest BCUT2D eigenvalue weighted by molar-refractivity contribution is 4.97. The minimum Gasteiger partial charge on any atom is -0.311 e. The van der Waals surface area contributed by atoms with Gasteiger partial charge in [-0.3, -0.25) is 0 Å². The van der Waals surface area contributed by atoms with E-state index in [4.69, 9.17) is 5.26 Å². The zero-order valence-electron chi connectivity index (χ0n) is 9.20. The number of nitrogens with zero attached hydrogens (tertiary/aromatic N) is 3. The van der Waals surface area contributed by atoms with Crippen LogP contribution in [0.2, 0.25) is 0 Å². The van der Waals surface area contributed by atoms with Crippen molar-refractivity contribution in [1.82, 2.24) is 15.3 Å². The van der Waals surface area contributed by atoms with Crippen LogP contribution < -0.4 is 5.32 Å². The Kier molecular flexibility index (Phi) is 4.19. The lowest BCUT2D eigenvalue weighted by atomic mass is 9.91. The molecule has 1 aromatic heterocycles. The molecule has 80 valence electrons. The van der Waals surface area contributed by atoms with Crippen molar-refractivity contribution in [2.45, 2.75) is 26.8 Å². The molecule has 0 unspecified atom stereocenters. The Bertz CT molecular complexity index is 326. The summed E-state index contributed by atoms with van der Waals surface area (Å²) in [5, 5.41) is 12.1. The van der Waals surface area contributed by atoms with Crippen molar-refractivity contribution in [2.24, 2.45) is 5.41 Å². The summed E-state index contributed by atoms with van der Waals surface area (Å²) in [7, 11) is 0. The lowest BCUT2D eigenvalue weighted by molar-refractivity contribution is 0.431. The summed E-state index contributed by atoms with van der Waals surface area (Å²) in [6.45, 7) is 5.44. The van der Waals surface area contributed by atoms with Gasteiger partial charge in [-0.15, -0.1) is 0 Å². The molecule has 0 aliphatic rings.